The van der Waals surface area contributed by atoms with Crippen LogP contribution in [0.15, 0.2) is 45.4 Å². The molecule has 0 saturated carbocycles. The van der Waals surface area contributed by atoms with Gasteiger partial charge in [-0.15, -0.1) is 0 Å². The lowest BCUT2D eigenvalue weighted by molar-refractivity contribution is 0.0945. The Morgan fingerprint density at radius 1 is 1.17 bits per heavy atom. The smallest absolute Gasteiger partial charge is 0.273 e. The van der Waals surface area contributed by atoms with E-state index in [0.717, 1.165) is 17.0 Å². The van der Waals surface area contributed by atoms with Crippen LogP contribution in [0, 0.1) is 6.92 Å². The quantitative estimate of drug-likeness (QED) is 0.776. The summed E-state index contributed by atoms with van der Waals surface area (Å²) < 4.78 is 10.2. The van der Waals surface area contributed by atoms with Gasteiger partial charge in [0.2, 0.25) is 0 Å². The number of rotatable bonds is 5. The van der Waals surface area contributed by atoms with Crippen LogP contribution in [-0.2, 0) is 6.42 Å². The van der Waals surface area contributed by atoms with Crippen LogP contribution in [0.1, 0.15) is 21.9 Å². The highest BCUT2D eigenvalue weighted by Gasteiger charge is 2.13. The van der Waals surface area contributed by atoms with Gasteiger partial charge in [0.25, 0.3) is 5.91 Å². The summed E-state index contributed by atoms with van der Waals surface area (Å²) in [7, 11) is 0. The fourth-order valence-electron chi connectivity index (χ4n) is 2.06. The zero-order valence-electron chi connectivity index (χ0n) is 12.4. The highest BCUT2D eigenvalue weighted by Crippen LogP contribution is 2.22. The maximum Gasteiger partial charge on any atom is 0.273 e. The Balaban J connectivity index is 1.58. The Morgan fingerprint density at radius 3 is 2.65 bits per heavy atom. The van der Waals surface area contributed by atoms with Gasteiger partial charge in [-0.3, -0.25) is 4.79 Å². The predicted octanol–water partition coefficient (Wildman–Crippen LogP) is 3.26. The predicted molar refractivity (Wildman–Crippen MR) is 84.2 cm³/mol. The van der Waals surface area contributed by atoms with Gasteiger partial charge in [0.1, 0.15) is 5.76 Å². The van der Waals surface area contributed by atoms with Crippen molar-refractivity contribution in [1.82, 2.24) is 15.6 Å². The lowest BCUT2D eigenvalue weighted by Gasteiger charge is -1.99. The third-order valence-corrected chi connectivity index (χ3v) is 3.47. The number of hydrogen-bond acceptors (Lipinski definition) is 5. The molecule has 0 unspecified atom stereocenters. The number of amides is 1. The van der Waals surface area contributed by atoms with Crippen molar-refractivity contribution in [2.75, 3.05) is 6.54 Å². The average Bonchev–Trinajstić information content (AvgIpc) is 3.17. The van der Waals surface area contributed by atoms with Crippen LogP contribution < -0.4 is 5.32 Å². The van der Waals surface area contributed by atoms with E-state index in [1.54, 1.807) is 30.3 Å². The first kappa shape index (κ1) is 15.3. The standard InChI is InChI=1S/C16H14ClN3O3/c1-10-8-13(19-22-10)6-7-18-16(21)14-9-15(23-20-14)11-2-4-12(17)5-3-11/h2-5,8-9H,6-7H2,1H3,(H,18,21). The summed E-state index contributed by atoms with van der Waals surface area (Å²) in [6, 6.07) is 10.5. The summed E-state index contributed by atoms with van der Waals surface area (Å²) >= 11 is 5.84. The maximum absolute atomic E-state index is 12.0. The molecular weight excluding hydrogens is 318 g/mol. The highest BCUT2D eigenvalue weighted by molar-refractivity contribution is 6.30. The van der Waals surface area contributed by atoms with E-state index in [4.69, 9.17) is 20.6 Å². The second kappa shape index (κ2) is 6.66. The number of aromatic nitrogens is 2. The topological polar surface area (TPSA) is 81.2 Å². The first-order valence-electron chi connectivity index (χ1n) is 7.05. The van der Waals surface area contributed by atoms with Gasteiger partial charge in [0.05, 0.1) is 5.69 Å². The molecule has 1 amide bonds. The van der Waals surface area contributed by atoms with Crippen LogP contribution >= 0.6 is 11.6 Å². The van der Waals surface area contributed by atoms with E-state index in [9.17, 15) is 4.79 Å². The van der Waals surface area contributed by atoms with Gasteiger partial charge in [0, 0.05) is 35.7 Å². The van der Waals surface area contributed by atoms with Gasteiger partial charge in [-0.1, -0.05) is 21.9 Å². The summed E-state index contributed by atoms with van der Waals surface area (Å²) in [5, 5.41) is 11.1. The minimum atomic E-state index is -0.297. The van der Waals surface area contributed by atoms with E-state index in [1.165, 1.54) is 0 Å². The van der Waals surface area contributed by atoms with Gasteiger partial charge in [-0.2, -0.15) is 0 Å². The Morgan fingerprint density at radius 2 is 1.96 bits per heavy atom. The molecule has 6 nitrogen and oxygen atoms in total. The molecule has 0 aliphatic heterocycles. The molecule has 3 rings (SSSR count). The van der Waals surface area contributed by atoms with Crippen LogP contribution in [0.2, 0.25) is 5.02 Å². The lowest BCUT2D eigenvalue weighted by Crippen LogP contribution is -2.25. The zero-order chi connectivity index (χ0) is 16.2. The minimum absolute atomic E-state index is 0.228. The molecule has 0 radical (unpaired) electrons. The van der Waals surface area contributed by atoms with Gasteiger partial charge in [-0.05, 0) is 31.2 Å². The molecule has 118 valence electrons. The fraction of sp³-hybridized carbons (Fsp3) is 0.188. The molecule has 23 heavy (non-hydrogen) atoms. The number of nitrogens with zero attached hydrogens (tertiary/aromatic N) is 2. The second-order valence-electron chi connectivity index (χ2n) is 5.02. The fourth-order valence-corrected chi connectivity index (χ4v) is 2.19. The highest BCUT2D eigenvalue weighted by atomic mass is 35.5. The van der Waals surface area contributed by atoms with Crippen LogP contribution in [0.3, 0.4) is 0 Å². The van der Waals surface area contributed by atoms with Crippen molar-refractivity contribution >= 4 is 17.5 Å². The molecule has 2 aromatic heterocycles. The minimum Gasteiger partial charge on any atom is -0.361 e. The van der Waals surface area contributed by atoms with Crippen molar-refractivity contribution in [2.45, 2.75) is 13.3 Å². The number of nitrogens with one attached hydrogen (secondary N) is 1. The Bertz CT molecular complexity index is 808. The van der Waals surface area contributed by atoms with E-state index < -0.39 is 0 Å². The van der Waals surface area contributed by atoms with Crippen LogP contribution in [0.5, 0.6) is 0 Å². The number of hydrogen-bond donors (Lipinski definition) is 1. The molecule has 1 N–H and O–H groups in total. The number of aryl methyl sites for hydroxylation is 1. The van der Waals surface area contributed by atoms with E-state index in [-0.39, 0.29) is 11.6 Å². The van der Waals surface area contributed by atoms with Crippen molar-refractivity contribution in [1.29, 1.82) is 0 Å². The molecule has 1 aromatic carbocycles. The molecule has 7 heteroatoms. The molecule has 0 fully saturated rings. The summed E-state index contributed by atoms with van der Waals surface area (Å²) in [4.78, 5) is 12.0. The summed E-state index contributed by atoms with van der Waals surface area (Å²) in [5.41, 5.74) is 1.83. The number of benzene rings is 1. The first-order chi connectivity index (χ1) is 11.1. The molecule has 2 heterocycles. The molecule has 0 saturated heterocycles. The van der Waals surface area contributed by atoms with Crippen molar-refractivity contribution < 1.29 is 13.8 Å². The van der Waals surface area contributed by atoms with Gasteiger partial charge >= 0.3 is 0 Å². The largest absolute Gasteiger partial charge is 0.361 e. The average molecular weight is 332 g/mol. The molecule has 0 bridgehead atoms. The second-order valence-corrected chi connectivity index (χ2v) is 5.45. The number of carbonyl (C=O) groups is 1. The summed E-state index contributed by atoms with van der Waals surface area (Å²) in [6.07, 6.45) is 0.588. The van der Waals surface area contributed by atoms with E-state index in [2.05, 4.69) is 15.6 Å². The normalized spacial score (nSPS) is 10.7. The van der Waals surface area contributed by atoms with Gasteiger partial charge in [-0.25, -0.2) is 0 Å². The SMILES string of the molecule is Cc1cc(CCNC(=O)c2cc(-c3ccc(Cl)cc3)on2)no1. The molecule has 0 spiro atoms. The third-order valence-electron chi connectivity index (χ3n) is 3.21. The molecule has 0 aliphatic carbocycles. The van der Waals surface area contributed by atoms with Crippen molar-refractivity contribution in [3.8, 4) is 11.3 Å². The van der Waals surface area contributed by atoms with Gasteiger partial charge in [0.15, 0.2) is 11.5 Å². The molecule has 0 atom stereocenters. The summed E-state index contributed by atoms with van der Waals surface area (Å²) in [6.45, 7) is 2.26. The van der Waals surface area contributed by atoms with Crippen molar-refractivity contribution in [2.24, 2.45) is 0 Å². The van der Waals surface area contributed by atoms with Crippen molar-refractivity contribution in [3.63, 3.8) is 0 Å². The molecule has 3 aromatic rings. The zero-order valence-corrected chi connectivity index (χ0v) is 13.1. The Hall–Kier alpha value is -2.60. The maximum atomic E-state index is 12.0. The van der Waals surface area contributed by atoms with Crippen LogP contribution in [0.25, 0.3) is 11.3 Å². The lowest BCUT2D eigenvalue weighted by atomic mass is 10.1. The van der Waals surface area contributed by atoms with Crippen LogP contribution in [0.4, 0.5) is 0 Å². The Kier molecular flexibility index (Phi) is 4.43. The molecular formula is C16H14ClN3O3. The van der Waals surface area contributed by atoms with Crippen molar-refractivity contribution in [3.05, 3.63) is 58.6 Å². The van der Waals surface area contributed by atoms with Gasteiger partial charge < -0.3 is 14.4 Å². The van der Waals surface area contributed by atoms with Crippen LogP contribution in [-0.4, -0.2) is 22.8 Å². The molecule has 0 aliphatic rings. The van der Waals surface area contributed by atoms with E-state index >= 15 is 0 Å². The Labute approximate surface area is 137 Å². The first-order valence-corrected chi connectivity index (χ1v) is 7.42. The number of carbonyl (C=O) groups excluding carboxylic acids is 1. The monoisotopic (exact) mass is 331 g/mol. The third kappa shape index (κ3) is 3.78. The van der Waals surface area contributed by atoms with E-state index in [0.29, 0.717) is 23.7 Å². The van der Waals surface area contributed by atoms with E-state index in [1.807, 2.05) is 13.0 Å². The number of halogens is 1. The summed E-state index contributed by atoms with van der Waals surface area (Å²) in [5.74, 6) is 0.962.